The molecule has 1 N–H and O–H groups in total. The molecule has 0 aliphatic carbocycles. The van der Waals surface area contributed by atoms with Crippen LogP contribution in [0.15, 0.2) is 54.9 Å². The first-order chi connectivity index (χ1) is 14.3. The molecular formula is C20H14ClF3N4O2. The Kier molecular flexibility index (Phi) is 5.21. The van der Waals surface area contributed by atoms with Gasteiger partial charge in [0.15, 0.2) is 11.6 Å². The van der Waals surface area contributed by atoms with Gasteiger partial charge >= 0.3 is 6.18 Å². The van der Waals surface area contributed by atoms with Gasteiger partial charge in [-0.3, -0.25) is 4.79 Å². The number of anilines is 3. The van der Waals surface area contributed by atoms with Crippen molar-refractivity contribution < 1.29 is 22.7 Å². The van der Waals surface area contributed by atoms with Crippen LogP contribution in [0.2, 0.25) is 5.02 Å². The lowest BCUT2D eigenvalue weighted by Gasteiger charge is -2.31. The number of nitrogens with zero attached hydrogens (tertiary/aromatic N) is 3. The van der Waals surface area contributed by atoms with Crippen LogP contribution < -0.4 is 15.0 Å². The van der Waals surface area contributed by atoms with Gasteiger partial charge in [0.1, 0.15) is 12.3 Å². The number of hydrogen-bond donors (Lipinski definition) is 1. The zero-order valence-corrected chi connectivity index (χ0v) is 16.0. The smallest absolute Gasteiger partial charge is 0.433 e. The van der Waals surface area contributed by atoms with E-state index >= 15 is 0 Å². The van der Waals surface area contributed by atoms with Crippen LogP contribution in [-0.2, 0) is 6.18 Å². The van der Waals surface area contributed by atoms with Gasteiger partial charge in [0.25, 0.3) is 5.91 Å². The Labute approximate surface area is 174 Å². The predicted molar refractivity (Wildman–Crippen MR) is 105 cm³/mol. The standard InChI is InChI=1S/C20H14ClF3N4O2/c21-14-4-2-8-25-18(14)28-9-10-30-17-13(3-1-5-15(17)28)19(29)27-12-6-7-16(26-11-12)20(22,23)24/h1-8,11H,9-10H2,(H,27,29). The molecule has 4 rings (SSSR count). The van der Waals surface area contributed by atoms with E-state index in [1.54, 1.807) is 36.5 Å². The Bertz CT molecular complexity index is 1090. The molecule has 3 heterocycles. The molecule has 1 aliphatic heterocycles. The van der Waals surface area contributed by atoms with Gasteiger partial charge in [0.2, 0.25) is 0 Å². The Morgan fingerprint density at radius 3 is 2.67 bits per heavy atom. The van der Waals surface area contributed by atoms with E-state index < -0.39 is 17.8 Å². The van der Waals surface area contributed by atoms with Crippen LogP contribution in [0.25, 0.3) is 0 Å². The van der Waals surface area contributed by atoms with Crippen molar-refractivity contribution in [1.82, 2.24) is 9.97 Å². The second-order valence-corrected chi connectivity index (χ2v) is 6.75. The number of nitrogens with one attached hydrogen (secondary N) is 1. The summed E-state index contributed by atoms with van der Waals surface area (Å²) in [4.78, 5) is 22.3. The van der Waals surface area contributed by atoms with E-state index in [2.05, 4.69) is 15.3 Å². The fraction of sp³-hybridized carbons (Fsp3) is 0.150. The zero-order chi connectivity index (χ0) is 21.3. The number of hydrogen-bond acceptors (Lipinski definition) is 5. The van der Waals surface area contributed by atoms with Crippen molar-refractivity contribution in [3.05, 3.63) is 71.1 Å². The van der Waals surface area contributed by atoms with E-state index in [0.717, 1.165) is 18.3 Å². The van der Waals surface area contributed by atoms with E-state index in [0.29, 0.717) is 35.4 Å². The van der Waals surface area contributed by atoms with Gasteiger partial charge in [-0.1, -0.05) is 17.7 Å². The molecule has 10 heteroatoms. The van der Waals surface area contributed by atoms with Crippen molar-refractivity contribution in [3.8, 4) is 5.75 Å². The summed E-state index contributed by atoms with van der Waals surface area (Å²) in [7, 11) is 0. The van der Waals surface area contributed by atoms with Gasteiger partial charge < -0.3 is 15.0 Å². The highest BCUT2D eigenvalue weighted by molar-refractivity contribution is 6.33. The molecule has 0 atom stereocenters. The normalized spacial score (nSPS) is 13.4. The highest BCUT2D eigenvalue weighted by Crippen LogP contribution is 2.40. The van der Waals surface area contributed by atoms with Crippen LogP contribution in [0, 0.1) is 0 Å². The van der Waals surface area contributed by atoms with Crippen LogP contribution in [0.1, 0.15) is 16.1 Å². The second kappa shape index (κ2) is 7.83. The van der Waals surface area contributed by atoms with Crippen LogP contribution in [-0.4, -0.2) is 29.0 Å². The number of aromatic nitrogens is 2. The number of alkyl halides is 3. The number of carbonyl (C=O) groups excluding carboxylic acids is 1. The Balaban J connectivity index is 1.62. The molecule has 0 saturated heterocycles. The minimum absolute atomic E-state index is 0.131. The number of ether oxygens (including phenoxy) is 1. The number of fused-ring (bicyclic) bond motifs is 1. The summed E-state index contributed by atoms with van der Waals surface area (Å²) in [6.45, 7) is 0.781. The number of amides is 1. The third-order valence-electron chi connectivity index (χ3n) is 4.40. The SMILES string of the molecule is O=C(Nc1ccc(C(F)(F)F)nc1)c1cccc2c1OCCN2c1ncccc1Cl. The van der Waals surface area contributed by atoms with Crippen LogP contribution in [0.4, 0.5) is 30.4 Å². The first-order valence-electron chi connectivity index (χ1n) is 8.83. The number of rotatable bonds is 3. The lowest BCUT2D eigenvalue weighted by Crippen LogP contribution is -2.30. The largest absolute Gasteiger partial charge is 0.489 e. The third-order valence-corrected chi connectivity index (χ3v) is 4.69. The lowest BCUT2D eigenvalue weighted by atomic mass is 10.1. The second-order valence-electron chi connectivity index (χ2n) is 6.35. The van der Waals surface area contributed by atoms with E-state index in [9.17, 15) is 18.0 Å². The highest BCUT2D eigenvalue weighted by Gasteiger charge is 2.32. The number of para-hydroxylation sites is 1. The average molecular weight is 435 g/mol. The van der Waals surface area contributed by atoms with Gasteiger partial charge in [0.05, 0.1) is 34.7 Å². The predicted octanol–water partition coefficient (Wildman–Crippen LogP) is 4.93. The van der Waals surface area contributed by atoms with E-state index in [4.69, 9.17) is 16.3 Å². The first-order valence-corrected chi connectivity index (χ1v) is 9.21. The average Bonchev–Trinajstić information content (AvgIpc) is 2.73. The molecule has 154 valence electrons. The number of carbonyl (C=O) groups is 1. The topological polar surface area (TPSA) is 67.3 Å². The molecular weight excluding hydrogens is 421 g/mol. The van der Waals surface area contributed by atoms with Gasteiger partial charge in [-0.15, -0.1) is 0 Å². The van der Waals surface area contributed by atoms with Gasteiger partial charge in [-0.05, 0) is 36.4 Å². The molecule has 0 fully saturated rings. The zero-order valence-electron chi connectivity index (χ0n) is 15.3. The minimum Gasteiger partial charge on any atom is -0.489 e. The summed E-state index contributed by atoms with van der Waals surface area (Å²) in [5.74, 6) is 0.332. The minimum atomic E-state index is -4.55. The van der Waals surface area contributed by atoms with Crippen LogP contribution in [0.3, 0.4) is 0 Å². The molecule has 1 aromatic carbocycles. The Morgan fingerprint density at radius 2 is 1.97 bits per heavy atom. The quantitative estimate of drug-likeness (QED) is 0.633. The molecule has 6 nitrogen and oxygen atoms in total. The molecule has 0 radical (unpaired) electrons. The molecule has 30 heavy (non-hydrogen) atoms. The van der Waals surface area contributed by atoms with Gasteiger partial charge in [0, 0.05) is 6.20 Å². The van der Waals surface area contributed by atoms with E-state index in [1.165, 1.54) is 0 Å². The fourth-order valence-corrected chi connectivity index (χ4v) is 3.28. The Hall–Kier alpha value is -3.33. The van der Waals surface area contributed by atoms with E-state index in [-0.39, 0.29) is 11.3 Å². The van der Waals surface area contributed by atoms with Crippen molar-refractivity contribution in [2.45, 2.75) is 6.18 Å². The lowest BCUT2D eigenvalue weighted by molar-refractivity contribution is -0.141. The molecule has 1 amide bonds. The maximum Gasteiger partial charge on any atom is 0.433 e. The molecule has 0 saturated carbocycles. The summed E-state index contributed by atoms with van der Waals surface area (Å²) < 4.78 is 43.7. The Morgan fingerprint density at radius 1 is 1.13 bits per heavy atom. The van der Waals surface area contributed by atoms with Crippen LogP contribution >= 0.6 is 11.6 Å². The molecule has 1 aliphatic rings. The molecule has 3 aromatic rings. The number of halogens is 4. The third kappa shape index (κ3) is 3.88. The highest BCUT2D eigenvalue weighted by atomic mass is 35.5. The molecule has 0 bridgehead atoms. The molecule has 2 aromatic heterocycles. The van der Waals surface area contributed by atoms with E-state index in [1.807, 2.05) is 4.90 Å². The summed E-state index contributed by atoms with van der Waals surface area (Å²) in [6.07, 6.45) is -1.98. The summed E-state index contributed by atoms with van der Waals surface area (Å²) in [5, 5.41) is 3.00. The van der Waals surface area contributed by atoms with Crippen molar-refractivity contribution in [3.63, 3.8) is 0 Å². The summed E-state index contributed by atoms with van der Waals surface area (Å²) in [5.41, 5.74) is -0.0703. The van der Waals surface area contributed by atoms with Gasteiger partial charge in [-0.25, -0.2) is 9.97 Å². The van der Waals surface area contributed by atoms with Crippen molar-refractivity contribution in [2.24, 2.45) is 0 Å². The summed E-state index contributed by atoms with van der Waals surface area (Å²) in [6, 6.07) is 10.4. The maximum absolute atomic E-state index is 12.8. The fourth-order valence-electron chi connectivity index (χ4n) is 3.06. The molecule has 0 spiro atoms. The number of benzene rings is 1. The van der Waals surface area contributed by atoms with Gasteiger partial charge in [-0.2, -0.15) is 13.2 Å². The first kappa shape index (κ1) is 20.0. The van der Waals surface area contributed by atoms with Crippen molar-refractivity contribution in [2.75, 3.05) is 23.4 Å². The molecule has 0 unspecified atom stereocenters. The van der Waals surface area contributed by atoms with Crippen LogP contribution in [0.5, 0.6) is 5.75 Å². The summed E-state index contributed by atoms with van der Waals surface area (Å²) >= 11 is 6.27. The number of pyridine rings is 2. The van der Waals surface area contributed by atoms with Crippen molar-refractivity contribution >= 4 is 34.7 Å². The van der Waals surface area contributed by atoms with Crippen molar-refractivity contribution in [1.29, 1.82) is 0 Å². The maximum atomic E-state index is 12.8. The monoisotopic (exact) mass is 434 g/mol.